The molecule has 17 heavy (non-hydrogen) atoms. The highest BCUT2D eigenvalue weighted by molar-refractivity contribution is 7.89. The van der Waals surface area contributed by atoms with Crippen molar-refractivity contribution in [3.63, 3.8) is 0 Å². The first kappa shape index (κ1) is 14.9. The predicted octanol–water partition coefficient (Wildman–Crippen LogP) is 1.29. The quantitative estimate of drug-likeness (QED) is 0.812. The van der Waals surface area contributed by atoms with Gasteiger partial charge in [-0.2, -0.15) is 0 Å². The van der Waals surface area contributed by atoms with E-state index in [1.165, 1.54) is 10.7 Å². The number of hydrogen-bond acceptors (Lipinski definition) is 3. The number of hydrogen-bond donors (Lipinski definition) is 1. The van der Waals surface area contributed by atoms with Gasteiger partial charge in [-0.05, 0) is 24.2 Å². The Bertz CT molecular complexity index is 350. The summed E-state index contributed by atoms with van der Waals surface area (Å²) in [6, 6.07) is 0.461. The number of rotatable bonds is 5. The molecular weight excluding hydrogens is 236 g/mol. The van der Waals surface area contributed by atoms with Gasteiger partial charge >= 0.3 is 0 Å². The van der Waals surface area contributed by atoms with Crippen LogP contribution in [0.3, 0.4) is 0 Å². The van der Waals surface area contributed by atoms with Crippen LogP contribution in [0.1, 0.15) is 33.6 Å². The topological polar surface area (TPSA) is 49.4 Å². The Kier molecular flexibility index (Phi) is 4.60. The zero-order chi connectivity index (χ0) is 13.3. The second-order valence-corrected chi connectivity index (χ2v) is 8.51. The normalized spacial score (nSPS) is 28.8. The van der Waals surface area contributed by atoms with E-state index in [4.69, 9.17) is 0 Å². The van der Waals surface area contributed by atoms with Crippen molar-refractivity contribution in [1.29, 1.82) is 0 Å². The maximum Gasteiger partial charge on any atom is 0.214 e. The Morgan fingerprint density at radius 1 is 1.29 bits per heavy atom. The lowest BCUT2D eigenvalue weighted by Gasteiger charge is -2.19. The van der Waals surface area contributed by atoms with Crippen LogP contribution < -0.4 is 5.32 Å². The molecule has 0 aromatic heterocycles. The summed E-state index contributed by atoms with van der Waals surface area (Å²) in [6.07, 6.45) is 2.35. The van der Waals surface area contributed by atoms with Crippen molar-refractivity contribution >= 4 is 10.0 Å². The van der Waals surface area contributed by atoms with Gasteiger partial charge in [-0.15, -0.1) is 0 Å². The first-order valence-electron chi connectivity index (χ1n) is 6.28. The van der Waals surface area contributed by atoms with Crippen molar-refractivity contribution in [2.24, 2.45) is 11.3 Å². The molecule has 0 bridgehead atoms. The lowest BCUT2D eigenvalue weighted by Crippen LogP contribution is -2.37. The maximum absolute atomic E-state index is 11.6. The van der Waals surface area contributed by atoms with E-state index in [1.807, 2.05) is 0 Å². The van der Waals surface area contributed by atoms with Crippen molar-refractivity contribution < 1.29 is 8.42 Å². The summed E-state index contributed by atoms with van der Waals surface area (Å²) in [5, 5.41) is 3.39. The Morgan fingerprint density at radius 2 is 1.88 bits per heavy atom. The fourth-order valence-electron chi connectivity index (χ4n) is 2.72. The summed E-state index contributed by atoms with van der Waals surface area (Å²) in [4.78, 5) is 0. The smallest absolute Gasteiger partial charge is 0.214 e. The van der Waals surface area contributed by atoms with E-state index in [2.05, 4.69) is 26.1 Å². The molecule has 0 heterocycles. The Morgan fingerprint density at radius 3 is 2.29 bits per heavy atom. The SMILES string of the molecule is CC1CC(C)(C)CC1NCCS(=O)(=O)N(C)C. The zero-order valence-corrected chi connectivity index (χ0v) is 12.5. The van der Waals surface area contributed by atoms with Gasteiger partial charge in [-0.25, -0.2) is 12.7 Å². The standard InChI is InChI=1S/C12H26N2O2S/c1-10-8-12(2,3)9-11(10)13-6-7-17(15,16)14(4)5/h10-11,13H,6-9H2,1-5H3. The number of nitrogens with one attached hydrogen (secondary N) is 1. The molecule has 1 fully saturated rings. The molecule has 1 aliphatic carbocycles. The lowest BCUT2D eigenvalue weighted by molar-refractivity contribution is 0.363. The van der Waals surface area contributed by atoms with Crippen LogP contribution in [0.15, 0.2) is 0 Å². The molecule has 1 aliphatic rings. The molecule has 0 amide bonds. The summed E-state index contributed by atoms with van der Waals surface area (Å²) < 4.78 is 24.5. The molecule has 0 saturated heterocycles. The number of nitrogens with zero attached hydrogens (tertiary/aromatic N) is 1. The molecule has 2 unspecified atom stereocenters. The average molecular weight is 262 g/mol. The van der Waals surface area contributed by atoms with E-state index in [1.54, 1.807) is 14.1 Å². The highest BCUT2D eigenvalue weighted by Crippen LogP contribution is 2.40. The third-order valence-electron chi connectivity index (χ3n) is 3.66. The molecule has 1 saturated carbocycles. The first-order valence-corrected chi connectivity index (χ1v) is 7.88. The van der Waals surface area contributed by atoms with Gasteiger partial charge in [0.1, 0.15) is 0 Å². The van der Waals surface area contributed by atoms with Gasteiger partial charge in [0.25, 0.3) is 0 Å². The lowest BCUT2D eigenvalue weighted by atomic mass is 9.91. The summed E-state index contributed by atoms with van der Waals surface area (Å²) in [7, 11) is 0.0947. The minimum absolute atomic E-state index is 0.184. The van der Waals surface area contributed by atoms with Crippen LogP contribution in [-0.2, 0) is 10.0 Å². The Labute approximate surface area is 106 Å². The van der Waals surface area contributed by atoms with Gasteiger partial charge in [-0.1, -0.05) is 20.8 Å². The molecule has 1 N–H and O–H groups in total. The molecule has 0 aliphatic heterocycles. The number of sulfonamides is 1. The van der Waals surface area contributed by atoms with Gasteiger partial charge in [0, 0.05) is 26.7 Å². The third-order valence-corrected chi connectivity index (χ3v) is 5.49. The molecule has 5 heteroatoms. The van der Waals surface area contributed by atoms with E-state index in [-0.39, 0.29) is 5.75 Å². The van der Waals surface area contributed by atoms with Crippen LogP contribution in [0.2, 0.25) is 0 Å². The fraction of sp³-hybridized carbons (Fsp3) is 1.00. The van der Waals surface area contributed by atoms with Crippen LogP contribution in [0.25, 0.3) is 0 Å². The van der Waals surface area contributed by atoms with E-state index in [0.717, 1.165) is 6.42 Å². The second kappa shape index (κ2) is 5.24. The van der Waals surface area contributed by atoms with Crippen molar-refractivity contribution in [3.8, 4) is 0 Å². The van der Waals surface area contributed by atoms with Crippen molar-refractivity contribution in [3.05, 3.63) is 0 Å². The van der Waals surface area contributed by atoms with Crippen LogP contribution in [0.5, 0.6) is 0 Å². The molecule has 0 aromatic rings. The molecule has 102 valence electrons. The summed E-state index contributed by atoms with van der Waals surface area (Å²) in [5.74, 6) is 0.816. The summed E-state index contributed by atoms with van der Waals surface area (Å²) >= 11 is 0. The molecule has 2 atom stereocenters. The summed E-state index contributed by atoms with van der Waals surface area (Å²) in [6.45, 7) is 7.35. The van der Waals surface area contributed by atoms with Crippen molar-refractivity contribution in [2.75, 3.05) is 26.4 Å². The third kappa shape index (κ3) is 4.23. The average Bonchev–Trinajstić information content (AvgIpc) is 2.39. The van der Waals surface area contributed by atoms with E-state index in [0.29, 0.717) is 23.9 Å². The predicted molar refractivity (Wildman–Crippen MR) is 71.4 cm³/mol. The highest BCUT2D eigenvalue weighted by Gasteiger charge is 2.36. The monoisotopic (exact) mass is 262 g/mol. The van der Waals surface area contributed by atoms with Crippen molar-refractivity contribution in [1.82, 2.24) is 9.62 Å². The molecule has 0 spiro atoms. The second-order valence-electron chi connectivity index (χ2n) is 6.21. The largest absolute Gasteiger partial charge is 0.313 e. The Balaban J connectivity index is 2.38. The maximum atomic E-state index is 11.6. The molecular formula is C12H26N2O2S. The minimum atomic E-state index is -3.07. The van der Waals surface area contributed by atoms with Crippen LogP contribution in [-0.4, -0.2) is 45.2 Å². The molecule has 0 aromatic carbocycles. The Hall–Kier alpha value is -0.130. The molecule has 4 nitrogen and oxygen atoms in total. The highest BCUT2D eigenvalue weighted by atomic mass is 32.2. The van der Waals surface area contributed by atoms with Gasteiger partial charge in [0.15, 0.2) is 0 Å². The minimum Gasteiger partial charge on any atom is -0.313 e. The van der Waals surface area contributed by atoms with Crippen LogP contribution in [0, 0.1) is 11.3 Å². The van der Waals surface area contributed by atoms with E-state index < -0.39 is 10.0 Å². The molecule has 1 rings (SSSR count). The van der Waals surface area contributed by atoms with Gasteiger partial charge in [-0.3, -0.25) is 0 Å². The first-order chi connectivity index (χ1) is 7.64. The summed E-state index contributed by atoms with van der Waals surface area (Å²) in [5.41, 5.74) is 0.386. The van der Waals surface area contributed by atoms with Crippen LogP contribution >= 0.6 is 0 Å². The van der Waals surface area contributed by atoms with Crippen LogP contribution in [0.4, 0.5) is 0 Å². The van der Waals surface area contributed by atoms with Gasteiger partial charge in [0.2, 0.25) is 10.0 Å². The molecule has 0 radical (unpaired) electrons. The van der Waals surface area contributed by atoms with E-state index >= 15 is 0 Å². The van der Waals surface area contributed by atoms with Gasteiger partial charge < -0.3 is 5.32 Å². The van der Waals surface area contributed by atoms with E-state index in [9.17, 15) is 8.42 Å². The van der Waals surface area contributed by atoms with Gasteiger partial charge in [0.05, 0.1) is 5.75 Å². The van der Waals surface area contributed by atoms with Crippen molar-refractivity contribution in [2.45, 2.75) is 39.7 Å². The zero-order valence-electron chi connectivity index (χ0n) is 11.7. The fourth-order valence-corrected chi connectivity index (χ4v) is 3.46.